The number of halogens is 3. The summed E-state index contributed by atoms with van der Waals surface area (Å²) in [6.45, 7) is 5.72. The number of aromatic carboxylic acids is 1. The van der Waals surface area contributed by atoms with E-state index in [1.807, 2.05) is 11.8 Å². The van der Waals surface area contributed by atoms with Crippen LogP contribution in [-0.4, -0.2) is 53.7 Å². The SMILES string of the molecule is CCN1CCN(c2nc(=O)c3cc(C(F)(F)F)cc(C(=O)O)c3s2)CC1. The van der Waals surface area contributed by atoms with Crippen LogP contribution in [-0.2, 0) is 6.18 Å². The molecule has 2 aromatic rings. The highest BCUT2D eigenvalue weighted by Gasteiger charge is 2.33. The monoisotopic (exact) mass is 387 g/mol. The summed E-state index contributed by atoms with van der Waals surface area (Å²) in [4.78, 5) is 31.8. The second kappa shape index (κ2) is 6.84. The molecule has 2 heterocycles. The summed E-state index contributed by atoms with van der Waals surface area (Å²) in [7, 11) is 0. The number of piperazine rings is 1. The molecule has 0 saturated carbocycles. The van der Waals surface area contributed by atoms with Crippen LogP contribution >= 0.6 is 11.3 Å². The number of aromatic nitrogens is 1. The summed E-state index contributed by atoms with van der Waals surface area (Å²) in [6.07, 6.45) is -4.75. The first-order valence-corrected chi connectivity index (χ1v) is 8.79. The van der Waals surface area contributed by atoms with Crippen molar-refractivity contribution in [3.8, 4) is 0 Å². The molecule has 10 heteroatoms. The average molecular weight is 387 g/mol. The van der Waals surface area contributed by atoms with Crippen LogP contribution in [0.15, 0.2) is 16.9 Å². The highest BCUT2D eigenvalue weighted by atomic mass is 32.1. The van der Waals surface area contributed by atoms with Crippen LogP contribution in [0.3, 0.4) is 0 Å². The number of hydrogen-bond acceptors (Lipinski definition) is 6. The number of benzene rings is 1. The molecule has 0 radical (unpaired) electrons. The molecule has 0 unspecified atom stereocenters. The lowest BCUT2D eigenvalue weighted by atomic mass is 10.1. The molecule has 140 valence electrons. The highest BCUT2D eigenvalue weighted by molar-refractivity contribution is 7.22. The van der Waals surface area contributed by atoms with Crippen molar-refractivity contribution in [3.63, 3.8) is 0 Å². The lowest BCUT2D eigenvalue weighted by Gasteiger charge is -2.34. The fraction of sp³-hybridized carbons (Fsp3) is 0.438. The Morgan fingerprint density at radius 1 is 1.27 bits per heavy atom. The average Bonchev–Trinajstić information content (AvgIpc) is 2.60. The van der Waals surface area contributed by atoms with Gasteiger partial charge in [-0.2, -0.15) is 18.2 Å². The molecule has 1 aromatic carbocycles. The minimum absolute atomic E-state index is 0.0124. The van der Waals surface area contributed by atoms with Gasteiger partial charge in [0.15, 0.2) is 5.13 Å². The number of fused-ring (bicyclic) bond motifs is 1. The first-order valence-electron chi connectivity index (χ1n) is 7.97. The van der Waals surface area contributed by atoms with Gasteiger partial charge in [0, 0.05) is 26.2 Å². The molecule has 0 bridgehead atoms. The van der Waals surface area contributed by atoms with Crippen molar-refractivity contribution >= 4 is 32.5 Å². The van der Waals surface area contributed by atoms with Crippen molar-refractivity contribution in [2.45, 2.75) is 13.1 Å². The summed E-state index contributed by atoms with van der Waals surface area (Å²) < 4.78 is 39.0. The van der Waals surface area contributed by atoms with Crippen molar-refractivity contribution < 1.29 is 23.1 Å². The third-order valence-electron chi connectivity index (χ3n) is 4.36. The second-order valence-corrected chi connectivity index (χ2v) is 6.90. The van der Waals surface area contributed by atoms with Crippen molar-refractivity contribution in [2.75, 3.05) is 37.6 Å². The van der Waals surface area contributed by atoms with Gasteiger partial charge in [-0.25, -0.2) is 4.79 Å². The van der Waals surface area contributed by atoms with Gasteiger partial charge in [0.25, 0.3) is 5.56 Å². The van der Waals surface area contributed by atoms with Crippen LogP contribution in [0.1, 0.15) is 22.8 Å². The predicted octanol–water partition coefficient (Wildman–Crippen LogP) is 2.52. The van der Waals surface area contributed by atoms with Crippen LogP contribution < -0.4 is 10.5 Å². The van der Waals surface area contributed by atoms with E-state index in [2.05, 4.69) is 9.88 Å². The number of anilines is 1. The lowest BCUT2D eigenvalue weighted by Crippen LogP contribution is -2.46. The smallest absolute Gasteiger partial charge is 0.416 e. The molecule has 0 atom stereocenters. The molecule has 1 aromatic heterocycles. The predicted molar refractivity (Wildman–Crippen MR) is 92.2 cm³/mol. The minimum Gasteiger partial charge on any atom is -0.478 e. The molecule has 6 nitrogen and oxygen atoms in total. The summed E-state index contributed by atoms with van der Waals surface area (Å²) in [5, 5.41) is 9.34. The van der Waals surface area contributed by atoms with Crippen molar-refractivity contribution in [3.05, 3.63) is 33.6 Å². The Morgan fingerprint density at radius 3 is 2.46 bits per heavy atom. The molecule has 1 N–H and O–H groups in total. The molecule has 26 heavy (non-hydrogen) atoms. The number of carboxylic acids is 1. The lowest BCUT2D eigenvalue weighted by molar-refractivity contribution is -0.137. The fourth-order valence-corrected chi connectivity index (χ4v) is 4.01. The molecule has 1 saturated heterocycles. The number of hydrogen-bond donors (Lipinski definition) is 1. The molecule has 3 rings (SSSR count). The standard InChI is InChI=1S/C16H16F3N3O3S/c1-2-21-3-5-22(6-4-21)15-20-13(23)10-7-9(16(17,18)19)8-11(14(24)25)12(10)26-15/h7-8H,2-6H2,1H3,(H,24,25). The zero-order valence-electron chi connectivity index (χ0n) is 13.8. The van der Waals surface area contributed by atoms with Crippen LogP contribution in [0, 0.1) is 0 Å². The van der Waals surface area contributed by atoms with Gasteiger partial charge in [-0.3, -0.25) is 4.79 Å². The maximum atomic E-state index is 13.0. The molecule has 1 fully saturated rings. The second-order valence-electron chi connectivity index (χ2n) is 5.93. The van der Waals surface area contributed by atoms with Crippen LogP contribution in [0.25, 0.3) is 10.1 Å². The van der Waals surface area contributed by atoms with E-state index < -0.39 is 28.8 Å². The summed E-state index contributed by atoms with van der Waals surface area (Å²) >= 11 is 0.939. The van der Waals surface area contributed by atoms with Crippen LogP contribution in [0.5, 0.6) is 0 Å². The van der Waals surface area contributed by atoms with E-state index >= 15 is 0 Å². The summed E-state index contributed by atoms with van der Waals surface area (Å²) in [6, 6.07) is 1.24. The zero-order chi connectivity index (χ0) is 19.1. The first-order chi connectivity index (χ1) is 12.2. The van der Waals surface area contributed by atoms with E-state index in [0.717, 1.165) is 31.0 Å². The molecule has 0 amide bonds. The molecular formula is C16H16F3N3O3S. The van der Waals surface area contributed by atoms with Gasteiger partial charge < -0.3 is 14.9 Å². The topological polar surface area (TPSA) is 73.7 Å². The van der Waals surface area contributed by atoms with E-state index in [1.165, 1.54) is 0 Å². The number of likely N-dealkylation sites (N-methyl/N-ethyl adjacent to an activating group) is 1. The largest absolute Gasteiger partial charge is 0.478 e. The number of alkyl halides is 3. The number of carboxylic acid groups (broad SMARTS) is 1. The van der Waals surface area contributed by atoms with Gasteiger partial charge in [0.05, 0.1) is 21.2 Å². The Morgan fingerprint density at radius 2 is 1.92 bits per heavy atom. The maximum absolute atomic E-state index is 13.0. The van der Waals surface area contributed by atoms with Gasteiger partial charge in [-0.05, 0) is 18.7 Å². The van der Waals surface area contributed by atoms with Gasteiger partial charge >= 0.3 is 12.1 Å². The van der Waals surface area contributed by atoms with Gasteiger partial charge in [-0.15, -0.1) is 0 Å². The Balaban J connectivity index is 2.12. The van der Waals surface area contributed by atoms with Crippen LogP contribution in [0.4, 0.5) is 18.3 Å². The Labute approximate surface area is 150 Å². The molecular weight excluding hydrogens is 371 g/mol. The summed E-state index contributed by atoms with van der Waals surface area (Å²) in [5.74, 6) is -1.51. The molecule has 1 aliphatic rings. The first kappa shape index (κ1) is 18.6. The quantitative estimate of drug-likeness (QED) is 0.873. The van der Waals surface area contributed by atoms with Gasteiger partial charge in [-0.1, -0.05) is 18.3 Å². The zero-order valence-corrected chi connectivity index (χ0v) is 14.7. The highest BCUT2D eigenvalue weighted by Crippen LogP contribution is 2.35. The molecule has 0 spiro atoms. The third kappa shape index (κ3) is 3.51. The van der Waals surface area contributed by atoms with Crippen molar-refractivity contribution in [2.24, 2.45) is 0 Å². The van der Waals surface area contributed by atoms with E-state index in [1.54, 1.807) is 0 Å². The molecule has 1 aliphatic heterocycles. The van der Waals surface area contributed by atoms with Crippen molar-refractivity contribution in [1.82, 2.24) is 9.88 Å². The van der Waals surface area contributed by atoms with E-state index in [9.17, 15) is 27.9 Å². The normalized spacial score (nSPS) is 16.2. The van der Waals surface area contributed by atoms with E-state index in [4.69, 9.17) is 0 Å². The maximum Gasteiger partial charge on any atom is 0.416 e. The Kier molecular flexibility index (Phi) is 4.89. The van der Waals surface area contributed by atoms with E-state index in [0.29, 0.717) is 30.4 Å². The number of rotatable bonds is 3. The number of carbonyl (C=O) groups is 1. The van der Waals surface area contributed by atoms with Crippen LogP contribution in [0.2, 0.25) is 0 Å². The minimum atomic E-state index is -4.75. The van der Waals surface area contributed by atoms with Crippen molar-refractivity contribution in [1.29, 1.82) is 0 Å². The van der Waals surface area contributed by atoms with Gasteiger partial charge in [0.1, 0.15) is 0 Å². The Bertz CT molecular complexity index is 905. The number of nitrogens with zero attached hydrogens (tertiary/aromatic N) is 3. The fourth-order valence-electron chi connectivity index (χ4n) is 2.87. The van der Waals surface area contributed by atoms with E-state index in [-0.39, 0.29) is 10.1 Å². The van der Waals surface area contributed by atoms with Gasteiger partial charge in [0.2, 0.25) is 0 Å². The molecule has 0 aliphatic carbocycles. The Hall–Kier alpha value is -2.20. The summed E-state index contributed by atoms with van der Waals surface area (Å²) in [5.41, 5.74) is -2.55. The third-order valence-corrected chi connectivity index (χ3v) is 5.53.